The normalized spacial score (nSPS) is 16.2. The molecular weight excluding hydrogens is 328 g/mol. The molecule has 1 fully saturated rings. The van der Waals surface area contributed by atoms with Crippen molar-refractivity contribution in [3.8, 4) is 0 Å². The quantitative estimate of drug-likeness (QED) is 0.834. The highest BCUT2D eigenvalue weighted by Gasteiger charge is 2.44. The average molecular weight is 343 g/mol. The van der Waals surface area contributed by atoms with Crippen LogP contribution < -0.4 is 10.9 Å². The number of nitrogens with zero attached hydrogens (tertiary/aromatic N) is 1. The van der Waals surface area contributed by atoms with Crippen LogP contribution in [0.1, 0.15) is 19.3 Å². The first-order chi connectivity index (χ1) is 9.43. The molecule has 0 aromatic carbocycles. The number of halogens is 1. The predicted octanol–water partition coefficient (Wildman–Crippen LogP) is 0.982. The summed E-state index contributed by atoms with van der Waals surface area (Å²) < 4.78 is 1.97. The Kier molecular flexibility index (Phi) is 4.27. The summed E-state index contributed by atoms with van der Waals surface area (Å²) in [6.45, 7) is -0.00209. The number of carbonyl (C=O) groups is 2. The van der Waals surface area contributed by atoms with Crippen LogP contribution in [0.2, 0.25) is 0 Å². The zero-order valence-corrected chi connectivity index (χ0v) is 12.4. The van der Waals surface area contributed by atoms with Crippen molar-refractivity contribution < 1.29 is 14.7 Å². The largest absolute Gasteiger partial charge is 0.481 e. The Bertz CT molecular complexity index is 592. The maximum atomic E-state index is 11.8. The first kappa shape index (κ1) is 14.8. The summed E-state index contributed by atoms with van der Waals surface area (Å²) in [6.07, 6.45) is 3.56. The van der Waals surface area contributed by atoms with Gasteiger partial charge in [-0.25, -0.2) is 0 Å². The third-order valence-electron chi connectivity index (χ3n) is 3.65. The molecule has 20 heavy (non-hydrogen) atoms. The van der Waals surface area contributed by atoms with Gasteiger partial charge in [0.05, 0.1) is 5.41 Å². The molecule has 0 radical (unpaired) electrons. The van der Waals surface area contributed by atoms with Gasteiger partial charge in [0.25, 0.3) is 5.56 Å². The van der Waals surface area contributed by atoms with Gasteiger partial charge in [0.1, 0.15) is 6.54 Å². The number of hydrogen-bond acceptors (Lipinski definition) is 3. The highest BCUT2D eigenvalue weighted by molar-refractivity contribution is 9.10. The first-order valence-electron chi connectivity index (χ1n) is 6.29. The molecule has 0 saturated heterocycles. The number of amides is 1. The van der Waals surface area contributed by atoms with Gasteiger partial charge in [-0.3, -0.25) is 14.4 Å². The van der Waals surface area contributed by atoms with Crippen LogP contribution >= 0.6 is 15.9 Å². The van der Waals surface area contributed by atoms with Crippen molar-refractivity contribution in [2.45, 2.75) is 25.8 Å². The number of aromatic nitrogens is 1. The second kappa shape index (κ2) is 5.78. The molecular formula is C13H15BrN2O4. The number of pyridine rings is 1. The van der Waals surface area contributed by atoms with E-state index in [1.54, 1.807) is 6.07 Å². The smallest absolute Gasteiger partial charge is 0.311 e. The maximum Gasteiger partial charge on any atom is 0.311 e. The number of rotatable bonds is 5. The molecule has 2 rings (SSSR count). The molecule has 2 N–H and O–H groups in total. The van der Waals surface area contributed by atoms with Crippen LogP contribution in [0.15, 0.2) is 27.6 Å². The fraction of sp³-hybridized carbons (Fsp3) is 0.462. The third kappa shape index (κ3) is 3.09. The van der Waals surface area contributed by atoms with Crippen LogP contribution in [-0.2, 0) is 16.1 Å². The van der Waals surface area contributed by atoms with Crippen molar-refractivity contribution in [3.05, 3.63) is 33.2 Å². The molecule has 1 amide bonds. The van der Waals surface area contributed by atoms with Crippen molar-refractivity contribution in [1.29, 1.82) is 0 Å². The summed E-state index contributed by atoms with van der Waals surface area (Å²) in [4.78, 5) is 34.5. The Morgan fingerprint density at radius 2 is 2.10 bits per heavy atom. The fourth-order valence-electron chi connectivity index (χ4n) is 2.17. The molecule has 0 spiro atoms. The van der Waals surface area contributed by atoms with E-state index in [9.17, 15) is 14.4 Å². The van der Waals surface area contributed by atoms with E-state index in [1.165, 1.54) is 16.8 Å². The summed E-state index contributed by atoms with van der Waals surface area (Å²) in [5.74, 6) is -1.23. The lowest BCUT2D eigenvalue weighted by Gasteiger charge is -2.37. The van der Waals surface area contributed by atoms with Gasteiger partial charge < -0.3 is 15.0 Å². The van der Waals surface area contributed by atoms with Crippen LogP contribution in [0.4, 0.5) is 0 Å². The minimum absolute atomic E-state index is 0.115. The monoisotopic (exact) mass is 342 g/mol. The van der Waals surface area contributed by atoms with Crippen molar-refractivity contribution in [2.24, 2.45) is 5.41 Å². The molecule has 7 heteroatoms. The van der Waals surface area contributed by atoms with E-state index >= 15 is 0 Å². The number of carboxylic acids is 1. The molecule has 108 valence electrons. The predicted molar refractivity (Wildman–Crippen MR) is 75.3 cm³/mol. The average Bonchev–Trinajstić information content (AvgIpc) is 2.32. The molecule has 0 bridgehead atoms. The molecule has 1 heterocycles. The van der Waals surface area contributed by atoms with E-state index in [1.807, 2.05) is 0 Å². The Hall–Kier alpha value is -1.63. The van der Waals surface area contributed by atoms with Crippen LogP contribution in [-0.4, -0.2) is 28.1 Å². The summed E-state index contributed by atoms with van der Waals surface area (Å²) in [5.41, 5.74) is -1.10. The lowest BCUT2D eigenvalue weighted by molar-refractivity contribution is -0.154. The van der Waals surface area contributed by atoms with Crippen molar-refractivity contribution in [1.82, 2.24) is 9.88 Å². The molecule has 1 saturated carbocycles. The SMILES string of the molecule is O=C(Cn1cc(Br)ccc1=O)NCC1(C(=O)O)CCC1. The number of nitrogens with one attached hydrogen (secondary N) is 1. The minimum atomic E-state index is -0.872. The zero-order valence-electron chi connectivity index (χ0n) is 10.8. The molecule has 0 atom stereocenters. The summed E-state index contributed by atoms with van der Waals surface area (Å²) >= 11 is 3.23. The van der Waals surface area contributed by atoms with Gasteiger partial charge in [-0.15, -0.1) is 0 Å². The second-order valence-corrected chi connectivity index (χ2v) is 5.94. The highest BCUT2D eigenvalue weighted by Crippen LogP contribution is 2.40. The van der Waals surface area contributed by atoms with Crippen LogP contribution in [0.5, 0.6) is 0 Å². The first-order valence-corrected chi connectivity index (χ1v) is 7.08. The number of hydrogen-bond donors (Lipinski definition) is 2. The third-order valence-corrected chi connectivity index (χ3v) is 4.12. The van der Waals surface area contributed by atoms with Gasteiger partial charge in [-0.2, -0.15) is 0 Å². The van der Waals surface area contributed by atoms with Gasteiger partial charge in [-0.1, -0.05) is 6.42 Å². The Morgan fingerprint density at radius 1 is 1.40 bits per heavy atom. The van der Waals surface area contributed by atoms with E-state index < -0.39 is 11.4 Å². The van der Waals surface area contributed by atoms with E-state index in [0.717, 1.165) is 6.42 Å². The molecule has 6 nitrogen and oxygen atoms in total. The molecule has 1 aliphatic carbocycles. The van der Waals surface area contributed by atoms with Crippen molar-refractivity contribution in [2.75, 3.05) is 6.54 Å². The number of carbonyl (C=O) groups excluding carboxylic acids is 1. The van der Waals surface area contributed by atoms with E-state index in [-0.39, 0.29) is 24.6 Å². The zero-order chi connectivity index (χ0) is 14.8. The minimum Gasteiger partial charge on any atom is -0.481 e. The summed E-state index contributed by atoms with van der Waals surface area (Å²) in [7, 11) is 0. The number of aliphatic carboxylic acids is 1. The van der Waals surface area contributed by atoms with Crippen LogP contribution in [0.25, 0.3) is 0 Å². The van der Waals surface area contributed by atoms with Crippen LogP contribution in [0.3, 0.4) is 0 Å². The Morgan fingerprint density at radius 3 is 2.65 bits per heavy atom. The highest BCUT2D eigenvalue weighted by atomic mass is 79.9. The lowest BCUT2D eigenvalue weighted by atomic mass is 9.69. The molecule has 0 aliphatic heterocycles. The molecule has 1 aliphatic rings. The molecule has 1 aromatic rings. The fourth-order valence-corrected chi connectivity index (χ4v) is 2.55. The van der Waals surface area contributed by atoms with E-state index in [2.05, 4.69) is 21.2 Å². The van der Waals surface area contributed by atoms with Gasteiger partial charge in [0, 0.05) is 23.3 Å². The van der Waals surface area contributed by atoms with Gasteiger partial charge in [-0.05, 0) is 34.8 Å². The molecule has 1 aromatic heterocycles. The lowest BCUT2D eigenvalue weighted by Crippen LogP contribution is -2.48. The maximum absolute atomic E-state index is 11.8. The molecule has 0 unspecified atom stereocenters. The van der Waals surface area contributed by atoms with E-state index in [4.69, 9.17) is 5.11 Å². The standard InChI is InChI=1S/C13H15BrN2O4/c14-9-2-3-11(18)16(6-9)7-10(17)15-8-13(12(19)20)4-1-5-13/h2-3,6H,1,4-5,7-8H2,(H,15,17)(H,19,20). The Balaban J connectivity index is 1.94. The topological polar surface area (TPSA) is 88.4 Å². The van der Waals surface area contributed by atoms with E-state index in [0.29, 0.717) is 17.3 Å². The van der Waals surface area contributed by atoms with Crippen molar-refractivity contribution >= 4 is 27.8 Å². The van der Waals surface area contributed by atoms with Gasteiger partial charge in [0.2, 0.25) is 5.91 Å². The van der Waals surface area contributed by atoms with Gasteiger partial charge in [0.15, 0.2) is 0 Å². The number of carboxylic acid groups (broad SMARTS) is 1. The van der Waals surface area contributed by atoms with Crippen LogP contribution in [0, 0.1) is 5.41 Å². The summed E-state index contributed by atoms with van der Waals surface area (Å²) in [5, 5.41) is 11.8. The Labute approximate surface area is 123 Å². The van der Waals surface area contributed by atoms with Crippen molar-refractivity contribution in [3.63, 3.8) is 0 Å². The van der Waals surface area contributed by atoms with Gasteiger partial charge >= 0.3 is 5.97 Å². The second-order valence-electron chi connectivity index (χ2n) is 5.03. The summed E-state index contributed by atoms with van der Waals surface area (Å²) in [6, 6.07) is 2.96.